The molecule has 5 heteroatoms. The third kappa shape index (κ3) is 6.54. The Morgan fingerprint density at radius 3 is 2.81 bits per heavy atom. The minimum absolute atomic E-state index is 0.141. The Morgan fingerprint density at radius 2 is 2.14 bits per heavy atom. The quantitative estimate of drug-likeness (QED) is 0.802. The van der Waals surface area contributed by atoms with Crippen molar-refractivity contribution in [2.75, 3.05) is 16.8 Å². The molecule has 0 aliphatic rings. The lowest BCUT2D eigenvalue weighted by molar-refractivity contribution is -0.116. The van der Waals surface area contributed by atoms with Crippen LogP contribution in [0.4, 0.5) is 5.69 Å². The second kappa shape index (κ2) is 9.30. The maximum Gasteiger partial charge on any atom is 0.224 e. The fraction of sp³-hybridized carbons (Fsp3) is 0.500. The SMILES string of the molecule is CCC(C)CS(=O)CCCC(=O)Nc1ccccc1C#N. The van der Waals surface area contributed by atoms with Gasteiger partial charge in [-0.05, 0) is 24.5 Å². The third-order valence-corrected chi connectivity index (χ3v) is 4.95. The van der Waals surface area contributed by atoms with Crippen LogP contribution in [0.2, 0.25) is 0 Å². The van der Waals surface area contributed by atoms with Gasteiger partial charge in [-0.15, -0.1) is 0 Å². The molecule has 0 spiro atoms. The third-order valence-electron chi connectivity index (χ3n) is 3.26. The van der Waals surface area contributed by atoms with E-state index in [1.807, 2.05) is 6.07 Å². The van der Waals surface area contributed by atoms with E-state index in [0.717, 1.165) is 6.42 Å². The fourth-order valence-electron chi connectivity index (χ4n) is 1.81. The van der Waals surface area contributed by atoms with Crippen molar-refractivity contribution in [1.82, 2.24) is 0 Å². The lowest BCUT2D eigenvalue weighted by Gasteiger charge is -2.08. The molecule has 0 saturated carbocycles. The van der Waals surface area contributed by atoms with Gasteiger partial charge in [-0.1, -0.05) is 32.4 Å². The summed E-state index contributed by atoms with van der Waals surface area (Å²) in [7, 11) is -0.851. The lowest BCUT2D eigenvalue weighted by Crippen LogP contribution is -2.15. The predicted molar refractivity (Wildman–Crippen MR) is 86.4 cm³/mol. The fourth-order valence-corrected chi connectivity index (χ4v) is 3.32. The Kier molecular flexibility index (Phi) is 7.70. The van der Waals surface area contributed by atoms with E-state index in [9.17, 15) is 9.00 Å². The number of rotatable bonds is 8. The van der Waals surface area contributed by atoms with Crippen molar-refractivity contribution in [1.29, 1.82) is 5.26 Å². The van der Waals surface area contributed by atoms with Gasteiger partial charge in [-0.3, -0.25) is 9.00 Å². The highest BCUT2D eigenvalue weighted by molar-refractivity contribution is 7.84. The molecular weight excluding hydrogens is 284 g/mol. The molecule has 0 aliphatic heterocycles. The van der Waals surface area contributed by atoms with Crippen molar-refractivity contribution < 1.29 is 9.00 Å². The second-order valence-corrected chi connectivity index (χ2v) is 6.75. The second-order valence-electron chi connectivity index (χ2n) is 5.13. The number of nitrogens with zero attached hydrogens (tertiary/aromatic N) is 1. The number of carbonyl (C=O) groups excluding carboxylic acids is 1. The number of para-hydroxylation sites is 1. The van der Waals surface area contributed by atoms with Crippen LogP contribution in [0.25, 0.3) is 0 Å². The van der Waals surface area contributed by atoms with E-state index in [1.165, 1.54) is 0 Å². The summed E-state index contributed by atoms with van der Waals surface area (Å²) < 4.78 is 11.8. The van der Waals surface area contributed by atoms with Gasteiger partial charge in [0.25, 0.3) is 0 Å². The molecule has 1 aromatic carbocycles. The van der Waals surface area contributed by atoms with Gasteiger partial charge in [0.1, 0.15) is 6.07 Å². The molecule has 0 heterocycles. The first-order chi connectivity index (χ1) is 10.1. The van der Waals surface area contributed by atoms with Crippen molar-refractivity contribution in [2.24, 2.45) is 5.92 Å². The molecule has 2 atom stereocenters. The van der Waals surface area contributed by atoms with E-state index in [1.54, 1.807) is 24.3 Å². The van der Waals surface area contributed by atoms with Crippen LogP contribution < -0.4 is 5.32 Å². The number of carbonyl (C=O) groups is 1. The summed E-state index contributed by atoms with van der Waals surface area (Å²) in [6.45, 7) is 4.17. The Morgan fingerprint density at radius 1 is 1.43 bits per heavy atom. The van der Waals surface area contributed by atoms with Crippen LogP contribution in [0.1, 0.15) is 38.7 Å². The van der Waals surface area contributed by atoms with Gasteiger partial charge in [-0.25, -0.2) is 0 Å². The number of hydrogen-bond donors (Lipinski definition) is 1. The van der Waals surface area contributed by atoms with E-state index < -0.39 is 10.8 Å². The van der Waals surface area contributed by atoms with Crippen LogP contribution in [0.3, 0.4) is 0 Å². The number of anilines is 1. The molecule has 0 bridgehead atoms. The summed E-state index contributed by atoms with van der Waals surface area (Å²) in [5, 5.41) is 11.7. The topological polar surface area (TPSA) is 70.0 Å². The molecule has 0 fully saturated rings. The molecule has 1 aromatic rings. The number of nitriles is 1. The van der Waals surface area contributed by atoms with Crippen LogP contribution in [0.5, 0.6) is 0 Å². The highest BCUT2D eigenvalue weighted by atomic mass is 32.2. The van der Waals surface area contributed by atoms with Crippen molar-refractivity contribution in [2.45, 2.75) is 33.1 Å². The minimum Gasteiger partial charge on any atom is -0.325 e. The maximum absolute atomic E-state index is 11.8. The first-order valence-electron chi connectivity index (χ1n) is 7.20. The molecule has 0 saturated heterocycles. The van der Waals surface area contributed by atoms with Crippen molar-refractivity contribution >= 4 is 22.4 Å². The number of amides is 1. The molecule has 114 valence electrons. The molecule has 4 nitrogen and oxygen atoms in total. The monoisotopic (exact) mass is 306 g/mol. The van der Waals surface area contributed by atoms with Gasteiger partial charge >= 0.3 is 0 Å². The van der Waals surface area contributed by atoms with Crippen molar-refractivity contribution in [3.05, 3.63) is 29.8 Å². The van der Waals surface area contributed by atoms with Gasteiger partial charge in [0.05, 0.1) is 11.3 Å². The summed E-state index contributed by atoms with van der Waals surface area (Å²) in [6.07, 6.45) is 1.95. The zero-order valence-corrected chi connectivity index (χ0v) is 13.4. The van der Waals surface area contributed by atoms with Crippen LogP contribution in [0, 0.1) is 17.2 Å². The Hall–Kier alpha value is -1.67. The van der Waals surface area contributed by atoms with E-state index in [0.29, 0.717) is 41.5 Å². The summed E-state index contributed by atoms with van der Waals surface area (Å²) in [4.78, 5) is 11.8. The molecule has 1 N–H and O–H groups in total. The van der Waals surface area contributed by atoms with E-state index in [-0.39, 0.29) is 5.91 Å². The van der Waals surface area contributed by atoms with E-state index >= 15 is 0 Å². The Labute approximate surface area is 129 Å². The Balaban J connectivity index is 2.35. The van der Waals surface area contributed by atoms with Crippen LogP contribution in [0.15, 0.2) is 24.3 Å². The zero-order valence-electron chi connectivity index (χ0n) is 12.6. The van der Waals surface area contributed by atoms with Gasteiger partial charge in [0, 0.05) is 28.7 Å². The largest absolute Gasteiger partial charge is 0.325 e. The molecule has 0 aliphatic carbocycles. The molecule has 21 heavy (non-hydrogen) atoms. The summed E-state index contributed by atoms with van der Waals surface area (Å²) >= 11 is 0. The highest BCUT2D eigenvalue weighted by Gasteiger charge is 2.09. The predicted octanol–water partition coefficient (Wildman–Crippen LogP) is 3.07. The van der Waals surface area contributed by atoms with Crippen LogP contribution in [-0.4, -0.2) is 21.6 Å². The zero-order chi connectivity index (χ0) is 15.7. The molecule has 1 amide bonds. The molecule has 1 rings (SSSR count). The normalized spacial score (nSPS) is 13.2. The van der Waals surface area contributed by atoms with Crippen molar-refractivity contribution in [3.8, 4) is 6.07 Å². The average Bonchev–Trinajstić information content (AvgIpc) is 2.47. The van der Waals surface area contributed by atoms with E-state index in [4.69, 9.17) is 5.26 Å². The number of benzene rings is 1. The number of hydrogen-bond acceptors (Lipinski definition) is 3. The lowest BCUT2D eigenvalue weighted by atomic mass is 10.2. The van der Waals surface area contributed by atoms with Crippen LogP contribution in [-0.2, 0) is 15.6 Å². The van der Waals surface area contributed by atoms with Gasteiger partial charge in [-0.2, -0.15) is 5.26 Å². The van der Waals surface area contributed by atoms with Gasteiger partial charge in [0.2, 0.25) is 5.91 Å². The summed E-state index contributed by atoms with van der Waals surface area (Å²) in [5.41, 5.74) is 0.983. The molecular formula is C16H22N2O2S. The van der Waals surface area contributed by atoms with Gasteiger partial charge in [0.15, 0.2) is 0 Å². The Bertz CT molecular complexity index is 537. The molecule has 0 radical (unpaired) electrons. The smallest absolute Gasteiger partial charge is 0.224 e. The molecule has 2 unspecified atom stereocenters. The first-order valence-corrected chi connectivity index (χ1v) is 8.69. The highest BCUT2D eigenvalue weighted by Crippen LogP contribution is 2.14. The standard InChI is InChI=1S/C16H22N2O2S/c1-3-13(2)12-21(20)10-6-9-16(19)18-15-8-5-4-7-14(15)11-17/h4-5,7-8,13H,3,6,9-10,12H2,1-2H3,(H,18,19). The first kappa shape index (κ1) is 17.4. The summed E-state index contributed by atoms with van der Waals surface area (Å²) in [6, 6.07) is 8.94. The number of nitrogens with one attached hydrogen (secondary N) is 1. The van der Waals surface area contributed by atoms with Crippen molar-refractivity contribution in [3.63, 3.8) is 0 Å². The molecule has 0 aromatic heterocycles. The minimum atomic E-state index is -0.851. The summed E-state index contributed by atoms with van der Waals surface area (Å²) in [5.74, 6) is 1.58. The van der Waals surface area contributed by atoms with Crippen LogP contribution >= 0.6 is 0 Å². The average molecular weight is 306 g/mol. The maximum atomic E-state index is 11.8. The van der Waals surface area contributed by atoms with E-state index in [2.05, 4.69) is 19.2 Å². The van der Waals surface area contributed by atoms with Gasteiger partial charge < -0.3 is 5.32 Å².